The van der Waals surface area contributed by atoms with Gasteiger partial charge in [0.05, 0.1) is 12.7 Å². The summed E-state index contributed by atoms with van der Waals surface area (Å²) in [4.78, 5) is 14.3. The molecule has 0 bridgehead atoms. The number of fused-ring (bicyclic) bond motifs is 2. The van der Waals surface area contributed by atoms with Crippen LogP contribution in [0.3, 0.4) is 0 Å². The van der Waals surface area contributed by atoms with Crippen molar-refractivity contribution in [2.24, 2.45) is 7.05 Å². The Balaban J connectivity index is 1.68. The molecule has 35 heavy (non-hydrogen) atoms. The zero-order valence-corrected chi connectivity index (χ0v) is 21.5. The van der Waals surface area contributed by atoms with Gasteiger partial charge in [0.25, 0.3) is 5.01 Å². The van der Waals surface area contributed by atoms with Crippen LogP contribution in [0.1, 0.15) is 40.3 Å². The van der Waals surface area contributed by atoms with Crippen LogP contribution < -0.4 is 9.47 Å². The van der Waals surface area contributed by atoms with Gasteiger partial charge in [-0.2, -0.15) is 4.57 Å². The first-order chi connectivity index (χ1) is 16.8. The third-order valence-electron chi connectivity index (χ3n) is 6.92. The number of anilines is 1. The number of aromatic nitrogens is 1. The predicted molar refractivity (Wildman–Crippen MR) is 145 cm³/mol. The molecule has 0 spiro atoms. The van der Waals surface area contributed by atoms with Crippen LogP contribution in [-0.4, -0.2) is 20.1 Å². The molecule has 0 fully saturated rings. The summed E-state index contributed by atoms with van der Waals surface area (Å²) in [6, 6.07) is 24.7. The molecule has 1 aliphatic rings. The minimum atomic E-state index is -0.330. The van der Waals surface area contributed by atoms with E-state index in [-0.39, 0.29) is 11.4 Å². The molecule has 176 valence electrons. The second kappa shape index (κ2) is 8.82. The molecule has 4 aromatic rings. The van der Waals surface area contributed by atoms with E-state index in [1.165, 1.54) is 34.3 Å². The molecule has 0 unspecified atom stereocenters. The molecule has 0 saturated heterocycles. The summed E-state index contributed by atoms with van der Waals surface area (Å²) < 4.78 is 8.38. The van der Waals surface area contributed by atoms with Crippen LogP contribution in [-0.2, 0) is 17.2 Å². The lowest BCUT2D eigenvalue weighted by Crippen LogP contribution is -2.29. The smallest absolute Gasteiger partial charge is 0.337 e. The quantitative estimate of drug-likeness (QED) is 0.251. The fraction of sp³-hybridized carbons (Fsp3) is 0.200. The lowest BCUT2D eigenvalue weighted by atomic mass is 9.83. The molecule has 3 aromatic carbocycles. The molecular formula is C30H29N2O2S+. The van der Waals surface area contributed by atoms with Crippen molar-refractivity contribution in [3.63, 3.8) is 0 Å². The minimum Gasteiger partial charge on any atom is -0.465 e. The molecule has 2 heterocycles. The zero-order valence-electron chi connectivity index (χ0n) is 20.7. The van der Waals surface area contributed by atoms with Gasteiger partial charge in [0, 0.05) is 36.0 Å². The number of hydrogen-bond donors (Lipinski definition) is 0. The van der Waals surface area contributed by atoms with Crippen molar-refractivity contribution < 1.29 is 14.1 Å². The Kier molecular flexibility index (Phi) is 5.81. The summed E-state index contributed by atoms with van der Waals surface area (Å²) in [5, 5.41) is 1.16. The maximum Gasteiger partial charge on any atom is 0.337 e. The second-order valence-electron chi connectivity index (χ2n) is 9.37. The van der Waals surface area contributed by atoms with Crippen LogP contribution in [0, 0.1) is 0 Å². The molecule has 5 rings (SSSR count). The third kappa shape index (κ3) is 3.96. The second-order valence-corrected chi connectivity index (χ2v) is 10.4. The van der Waals surface area contributed by atoms with Crippen LogP contribution in [0.15, 0.2) is 84.6 Å². The first kappa shape index (κ1) is 23.1. The van der Waals surface area contributed by atoms with E-state index < -0.39 is 0 Å². The van der Waals surface area contributed by atoms with Gasteiger partial charge in [-0.15, -0.1) is 0 Å². The third-order valence-corrected chi connectivity index (χ3v) is 8.09. The Labute approximate surface area is 210 Å². The van der Waals surface area contributed by atoms with Gasteiger partial charge in [-0.05, 0) is 47.0 Å². The van der Waals surface area contributed by atoms with Gasteiger partial charge in [0.2, 0.25) is 5.52 Å². The Morgan fingerprint density at radius 3 is 2.31 bits per heavy atom. The number of allylic oxidation sites excluding steroid dienone is 3. The fourth-order valence-corrected chi connectivity index (χ4v) is 6.01. The van der Waals surface area contributed by atoms with E-state index in [0.717, 1.165) is 16.1 Å². The summed E-state index contributed by atoms with van der Waals surface area (Å²) in [6.45, 7) is 4.55. The number of carbonyl (C=O) groups is 1. The SMILES string of the molecule is COC(=O)c1ccc(C(=Cc2sc3ccccc3[n+]2C)C=C2N(C)c3ccccc3C2(C)C)cc1. The van der Waals surface area contributed by atoms with Crippen molar-refractivity contribution in [2.45, 2.75) is 19.3 Å². The Bertz CT molecular complexity index is 1490. The van der Waals surface area contributed by atoms with Crippen molar-refractivity contribution >= 4 is 44.9 Å². The maximum absolute atomic E-state index is 12.0. The zero-order chi connectivity index (χ0) is 24.7. The van der Waals surface area contributed by atoms with Gasteiger partial charge in [0.1, 0.15) is 11.7 Å². The van der Waals surface area contributed by atoms with Crippen LogP contribution in [0.4, 0.5) is 5.69 Å². The van der Waals surface area contributed by atoms with Gasteiger partial charge < -0.3 is 9.64 Å². The molecule has 1 aromatic heterocycles. The summed E-state index contributed by atoms with van der Waals surface area (Å²) in [5.74, 6) is -0.330. The highest BCUT2D eigenvalue weighted by Gasteiger charge is 2.38. The van der Waals surface area contributed by atoms with Gasteiger partial charge in [-0.25, -0.2) is 4.79 Å². The average Bonchev–Trinajstić information content (AvgIpc) is 3.29. The van der Waals surface area contributed by atoms with Crippen LogP contribution >= 0.6 is 11.3 Å². The van der Waals surface area contributed by atoms with Crippen molar-refractivity contribution in [1.82, 2.24) is 0 Å². The number of aryl methyl sites for hydroxylation is 1. The molecule has 1 aliphatic heterocycles. The van der Waals surface area contributed by atoms with Crippen molar-refractivity contribution in [3.8, 4) is 0 Å². The molecule has 0 atom stereocenters. The average molecular weight is 482 g/mol. The van der Waals surface area contributed by atoms with E-state index in [9.17, 15) is 4.79 Å². The molecule has 0 saturated carbocycles. The minimum absolute atomic E-state index is 0.140. The highest BCUT2D eigenvalue weighted by Crippen LogP contribution is 2.47. The normalized spacial score (nSPS) is 16.1. The number of nitrogens with zero attached hydrogens (tertiary/aromatic N) is 2. The topological polar surface area (TPSA) is 33.4 Å². The van der Waals surface area contributed by atoms with Crippen molar-refractivity contribution in [2.75, 3.05) is 19.1 Å². The lowest BCUT2D eigenvalue weighted by molar-refractivity contribution is -0.642. The molecule has 0 radical (unpaired) electrons. The summed E-state index contributed by atoms with van der Waals surface area (Å²) in [5.41, 5.74) is 7.53. The Morgan fingerprint density at radius 1 is 0.971 bits per heavy atom. The van der Waals surface area contributed by atoms with Gasteiger partial charge in [0.15, 0.2) is 0 Å². The number of hydrogen-bond acceptors (Lipinski definition) is 4. The number of para-hydroxylation sites is 2. The molecule has 0 aliphatic carbocycles. The maximum atomic E-state index is 12.0. The number of esters is 1. The van der Waals surface area contributed by atoms with Crippen LogP contribution in [0.5, 0.6) is 0 Å². The van der Waals surface area contributed by atoms with E-state index in [2.05, 4.69) is 98.1 Å². The molecule has 0 amide bonds. The number of thiazole rings is 1. The fourth-order valence-electron chi connectivity index (χ4n) is 4.91. The monoisotopic (exact) mass is 481 g/mol. The lowest BCUT2D eigenvalue weighted by Gasteiger charge is -2.25. The Morgan fingerprint density at radius 2 is 1.63 bits per heavy atom. The van der Waals surface area contributed by atoms with E-state index in [4.69, 9.17) is 4.74 Å². The number of benzene rings is 3. The van der Waals surface area contributed by atoms with E-state index >= 15 is 0 Å². The van der Waals surface area contributed by atoms with E-state index in [1.807, 2.05) is 24.3 Å². The predicted octanol–water partition coefficient (Wildman–Crippen LogP) is 6.36. The molecule has 0 N–H and O–H groups in total. The van der Waals surface area contributed by atoms with Gasteiger partial charge >= 0.3 is 5.97 Å². The summed E-state index contributed by atoms with van der Waals surface area (Å²) in [6.07, 6.45) is 4.54. The summed E-state index contributed by atoms with van der Waals surface area (Å²) >= 11 is 1.77. The highest BCUT2D eigenvalue weighted by atomic mass is 32.1. The standard InChI is InChI=1S/C30H29N2O2S/c1-30(2)23-10-6-7-11-24(23)31(3)27(30)18-22(20-14-16-21(17-15-20)29(33)34-5)19-28-32(4)25-12-8-9-13-26(25)35-28/h6-19H,1-5H3/q+1. The summed E-state index contributed by atoms with van der Waals surface area (Å²) in [7, 11) is 5.65. The van der Waals surface area contributed by atoms with E-state index in [0.29, 0.717) is 5.56 Å². The van der Waals surface area contributed by atoms with Crippen LogP contribution in [0.2, 0.25) is 0 Å². The van der Waals surface area contributed by atoms with Crippen molar-refractivity contribution in [1.29, 1.82) is 0 Å². The molecule has 4 nitrogen and oxygen atoms in total. The number of methoxy groups -OCH3 is 1. The number of carbonyl (C=O) groups excluding carboxylic acids is 1. The molecular weight excluding hydrogens is 452 g/mol. The number of likely N-dealkylation sites (N-methyl/N-ethyl adjacent to an activating group) is 1. The number of ether oxygens (including phenoxy) is 1. The number of rotatable bonds is 4. The molecule has 5 heteroatoms. The highest BCUT2D eigenvalue weighted by molar-refractivity contribution is 7.18. The van der Waals surface area contributed by atoms with Gasteiger partial charge in [-0.3, -0.25) is 0 Å². The largest absolute Gasteiger partial charge is 0.465 e. The first-order valence-electron chi connectivity index (χ1n) is 11.6. The Hall–Kier alpha value is -3.70. The van der Waals surface area contributed by atoms with E-state index in [1.54, 1.807) is 11.3 Å². The van der Waals surface area contributed by atoms with Crippen molar-refractivity contribution in [3.05, 3.63) is 106 Å². The van der Waals surface area contributed by atoms with Crippen LogP contribution in [0.25, 0.3) is 21.9 Å². The van der Waals surface area contributed by atoms with Gasteiger partial charge in [-0.1, -0.05) is 67.6 Å². The first-order valence-corrected chi connectivity index (χ1v) is 12.5.